The molecule has 0 saturated carbocycles. The van der Waals surface area contributed by atoms with Crippen molar-refractivity contribution >= 4 is 17.9 Å². The number of rotatable bonds is 7. The number of nitrogens with zero attached hydrogens (tertiary/aromatic N) is 3. The highest BCUT2D eigenvalue weighted by molar-refractivity contribution is 5.72. The fourth-order valence-corrected chi connectivity index (χ4v) is 2.09. The average Bonchev–Trinajstić information content (AvgIpc) is 2.51. The zero-order chi connectivity index (χ0) is 16.7. The van der Waals surface area contributed by atoms with Crippen molar-refractivity contribution in [1.29, 1.82) is 0 Å². The predicted octanol–water partition coefficient (Wildman–Crippen LogP) is 1.66. The number of ether oxygens (including phenoxy) is 1. The molecule has 0 saturated heterocycles. The van der Waals surface area contributed by atoms with Crippen LogP contribution in [0.15, 0.2) is 24.3 Å². The van der Waals surface area contributed by atoms with Crippen molar-refractivity contribution in [3.8, 4) is 0 Å². The van der Waals surface area contributed by atoms with Crippen LogP contribution in [0.2, 0.25) is 0 Å². The fourth-order valence-electron chi connectivity index (χ4n) is 2.09. The van der Waals surface area contributed by atoms with Crippen LogP contribution in [0.5, 0.6) is 0 Å². The van der Waals surface area contributed by atoms with Gasteiger partial charge in [0.1, 0.15) is 0 Å². The van der Waals surface area contributed by atoms with Gasteiger partial charge in [0.15, 0.2) is 12.4 Å². The van der Waals surface area contributed by atoms with Crippen LogP contribution < -0.4 is 11.5 Å². The molecule has 122 valence electrons. The number of benzene rings is 1. The minimum Gasteiger partial charge on any atom is -0.457 e. The van der Waals surface area contributed by atoms with Gasteiger partial charge in [-0.2, -0.15) is 15.0 Å². The van der Waals surface area contributed by atoms with Crippen molar-refractivity contribution in [1.82, 2.24) is 15.0 Å². The summed E-state index contributed by atoms with van der Waals surface area (Å²) in [5, 5.41) is 0. The lowest BCUT2D eigenvalue weighted by molar-refractivity contribution is -0.144. The Balaban J connectivity index is 1.84. The lowest BCUT2D eigenvalue weighted by atomic mass is 10.1. The SMILES string of the molecule is CCCCc1ccc(CC(=O)OCc2nc(N)nc(N)n2)cc1. The number of unbranched alkanes of at least 4 members (excludes halogenated alkanes) is 1. The number of carbonyl (C=O) groups is 1. The predicted molar refractivity (Wildman–Crippen MR) is 87.2 cm³/mol. The van der Waals surface area contributed by atoms with Gasteiger partial charge in [-0.25, -0.2) is 0 Å². The molecule has 0 aliphatic carbocycles. The smallest absolute Gasteiger partial charge is 0.310 e. The molecule has 1 aromatic heterocycles. The number of hydrogen-bond acceptors (Lipinski definition) is 7. The summed E-state index contributed by atoms with van der Waals surface area (Å²) in [6, 6.07) is 7.99. The van der Waals surface area contributed by atoms with Crippen molar-refractivity contribution in [2.24, 2.45) is 0 Å². The Morgan fingerprint density at radius 1 is 1.04 bits per heavy atom. The molecule has 7 heteroatoms. The number of anilines is 2. The average molecular weight is 315 g/mol. The Kier molecular flexibility index (Phi) is 5.85. The lowest BCUT2D eigenvalue weighted by Crippen LogP contribution is -2.12. The first kappa shape index (κ1) is 16.7. The van der Waals surface area contributed by atoms with E-state index < -0.39 is 0 Å². The highest BCUT2D eigenvalue weighted by Gasteiger charge is 2.08. The van der Waals surface area contributed by atoms with Crippen LogP contribution in [0.4, 0.5) is 11.9 Å². The summed E-state index contributed by atoms with van der Waals surface area (Å²) in [5.41, 5.74) is 13.1. The second-order valence-corrected chi connectivity index (χ2v) is 5.23. The van der Waals surface area contributed by atoms with E-state index >= 15 is 0 Å². The molecule has 0 fully saturated rings. The van der Waals surface area contributed by atoms with Crippen molar-refractivity contribution in [2.75, 3.05) is 11.5 Å². The summed E-state index contributed by atoms with van der Waals surface area (Å²) < 4.78 is 5.13. The van der Waals surface area contributed by atoms with E-state index in [-0.39, 0.29) is 36.7 Å². The molecule has 0 aliphatic rings. The zero-order valence-electron chi connectivity index (χ0n) is 13.2. The van der Waals surface area contributed by atoms with Gasteiger partial charge in [-0.15, -0.1) is 0 Å². The molecular weight excluding hydrogens is 294 g/mol. The maximum absolute atomic E-state index is 11.9. The number of esters is 1. The molecule has 7 nitrogen and oxygen atoms in total. The summed E-state index contributed by atoms with van der Waals surface area (Å²) >= 11 is 0. The minimum absolute atomic E-state index is 0.00576. The maximum atomic E-state index is 11.9. The highest BCUT2D eigenvalue weighted by Crippen LogP contribution is 2.09. The zero-order valence-corrected chi connectivity index (χ0v) is 13.2. The number of hydrogen-bond donors (Lipinski definition) is 2. The highest BCUT2D eigenvalue weighted by atomic mass is 16.5. The van der Waals surface area contributed by atoms with Crippen molar-refractivity contribution in [2.45, 2.75) is 39.2 Å². The molecule has 0 amide bonds. The van der Waals surface area contributed by atoms with E-state index in [1.54, 1.807) is 0 Å². The molecule has 23 heavy (non-hydrogen) atoms. The summed E-state index contributed by atoms with van der Waals surface area (Å²) in [4.78, 5) is 23.2. The van der Waals surface area contributed by atoms with Gasteiger partial charge < -0.3 is 16.2 Å². The first-order chi connectivity index (χ1) is 11.1. The van der Waals surface area contributed by atoms with E-state index in [1.807, 2.05) is 24.3 Å². The topological polar surface area (TPSA) is 117 Å². The molecule has 0 unspecified atom stereocenters. The van der Waals surface area contributed by atoms with Gasteiger partial charge in [-0.1, -0.05) is 37.6 Å². The van der Waals surface area contributed by atoms with E-state index in [9.17, 15) is 4.79 Å². The van der Waals surface area contributed by atoms with Crippen LogP contribution in [0.3, 0.4) is 0 Å². The monoisotopic (exact) mass is 315 g/mol. The summed E-state index contributed by atoms with van der Waals surface area (Å²) in [5.74, 6) is -0.112. The van der Waals surface area contributed by atoms with Crippen LogP contribution >= 0.6 is 0 Å². The van der Waals surface area contributed by atoms with Gasteiger partial charge in [0, 0.05) is 0 Å². The number of nitrogens with two attached hydrogens (primary N) is 2. The number of nitrogen functional groups attached to an aromatic ring is 2. The number of aromatic nitrogens is 3. The van der Waals surface area contributed by atoms with E-state index in [1.165, 1.54) is 18.4 Å². The van der Waals surface area contributed by atoms with Gasteiger partial charge in [0.2, 0.25) is 11.9 Å². The van der Waals surface area contributed by atoms with Crippen molar-refractivity contribution in [3.63, 3.8) is 0 Å². The Hall–Kier alpha value is -2.70. The summed E-state index contributed by atoms with van der Waals surface area (Å²) in [6.45, 7) is 2.09. The molecule has 0 bridgehead atoms. The molecule has 0 spiro atoms. The van der Waals surface area contributed by atoms with Crippen LogP contribution in [0.25, 0.3) is 0 Å². The third kappa shape index (κ3) is 5.54. The van der Waals surface area contributed by atoms with E-state index in [2.05, 4.69) is 21.9 Å². The Morgan fingerprint density at radius 2 is 1.65 bits per heavy atom. The molecular formula is C16H21N5O2. The third-order valence-electron chi connectivity index (χ3n) is 3.27. The van der Waals surface area contributed by atoms with Gasteiger partial charge in [-0.3, -0.25) is 4.79 Å². The Bertz CT molecular complexity index is 638. The standard InChI is InChI=1S/C16H21N5O2/c1-2-3-4-11-5-7-12(8-6-11)9-14(22)23-10-13-19-15(17)21-16(18)20-13/h5-8H,2-4,9-10H2,1H3,(H4,17,18,19,20,21). The quantitative estimate of drug-likeness (QED) is 0.746. The van der Waals surface area contributed by atoms with E-state index in [4.69, 9.17) is 16.2 Å². The first-order valence-corrected chi connectivity index (χ1v) is 7.56. The fraction of sp³-hybridized carbons (Fsp3) is 0.375. The Morgan fingerprint density at radius 3 is 2.26 bits per heavy atom. The minimum atomic E-state index is -0.358. The molecule has 2 rings (SSSR count). The number of aryl methyl sites for hydroxylation is 1. The normalized spacial score (nSPS) is 10.5. The van der Waals surface area contributed by atoms with Crippen LogP contribution in [0.1, 0.15) is 36.7 Å². The van der Waals surface area contributed by atoms with E-state index in [0.29, 0.717) is 0 Å². The Labute approximate surface area is 135 Å². The molecule has 0 atom stereocenters. The van der Waals surface area contributed by atoms with E-state index in [0.717, 1.165) is 12.0 Å². The largest absolute Gasteiger partial charge is 0.457 e. The molecule has 0 aliphatic heterocycles. The van der Waals surface area contributed by atoms with Crippen molar-refractivity contribution in [3.05, 3.63) is 41.2 Å². The van der Waals surface area contributed by atoms with Crippen LogP contribution in [0, 0.1) is 0 Å². The summed E-state index contributed by atoms with van der Waals surface area (Å²) in [7, 11) is 0. The van der Waals surface area contributed by atoms with Gasteiger partial charge in [0.05, 0.1) is 6.42 Å². The number of carbonyl (C=O) groups excluding carboxylic acids is 1. The van der Waals surface area contributed by atoms with Gasteiger partial charge in [0.25, 0.3) is 0 Å². The molecule has 0 radical (unpaired) electrons. The summed E-state index contributed by atoms with van der Waals surface area (Å²) in [6.07, 6.45) is 3.59. The van der Waals surface area contributed by atoms with Crippen LogP contribution in [-0.4, -0.2) is 20.9 Å². The van der Waals surface area contributed by atoms with Gasteiger partial charge >= 0.3 is 5.97 Å². The first-order valence-electron chi connectivity index (χ1n) is 7.56. The molecule has 2 aromatic rings. The molecule has 1 heterocycles. The van der Waals surface area contributed by atoms with Crippen LogP contribution in [-0.2, 0) is 29.0 Å². The second kappa shape index (κ2) is 8.07. The lowest BCUT2D eigenvalue weighted by Gasteiger charge is -2.06. The second-order valence-electron chi connectivity index (χ2n) is 5.23. The van der Waals surface area contributed by atoms with Gasteiger partial charge in [-0.05, 0) is 24.0 Å². The third-order valence-corrected chi connectivity index (χ3v) is 3.27. The molecule has 4 N–H and O–H groups in total. The van der Waals surface area contributed by atoms with Crippen molar-refractivity contribution < 1.29 is 9.53 Å². The maximum Gasteiger partial charge on any atom is 0.310 e. The molecule has 1 aromatic carbocycles.